The largest absolute Gasteiger partial charge is 0.494 e. The molecule has 1 aliphatic carbocycles. The van der Waals surface area contributed by atoms with Gasteiger partial charge in [-0.2, -0.15) is 0 Å². The summed E-state index contributed by atoms with van der Waals surface area (Å²) in [5, 5.41) is 0. The number of benzene rings is 3. The van der Waals surface area contributed by atoms with Crippen molar-refractivity contribution in [1.82, 2.24) is 0 Å². The van der Waals surface area contributed by atoms with Crippen LogP contribution >= 0.6 is 0 Å². The Hall–Kier alpha value is -3.11. The molecule has 202 valence electrons. The molecule has 38 heavy (non-hydrogen) atoms. The first-order valence-corrected chi connectivity index (χ1v) is 14.4. The Bertz CT molecular complexity index is 1110. The fraction of sp³-hybridized carbons (Fsp3) is 0.441. The van der Waals surface area contributed by atoms with Crippen molar-refractivity contribution in [1.29, 1.82) is 0 Å². The van der Waals surface area contributed by atoms with Crippen molar-refractivity contribution in [3.05, 3.63) is 89.5 Å². The average molecular weight is 515 g/mol. The van der Waals surface area contributed by atoms with Crippen molar-refractivity contribution >= 4 is 5.97 Å². The number of fused-ring (bicyclic) bond motifs is 3. The maximum absolute atomic E-state index is 12.5. The average Bonchev–Trinajstić information content (AvgIpc) is 3.26. The van der Waals surface area contributed by atoms with Gasteiger partial charge < -0.3 is 14.2 Å². The van der Waals surface area contributed by atoms with E-state index in [4.69, 9.17) is 14.2 Å². The molecule has 0 N–H and O–H groups in total. The summed E-state index contributed by atoms with van der Waals surface area (Å²) in [5.74, 6) is 1.02. The predicted molar refractivity (Wildman–Crippen MR) is 154 cm³/mol. The van der Waals surface area contributed by atoms with Crippen LogP contribution in [0.3, 0.4) is 0 Å². The van der Waals surface area contributed by atoms with Crippen LogP contribution in [0.15, 0.2) is 72.8 Å². The molecule has 1 atom stereocenters. The number of unbranched alkanes of at least 4 members (excludes halogenated alkanes) is 4. The summed E-state index contributed by atoms with van der Waals surface area (Å²) in [4.78, 5) is 12.5. The van der Waals surface area contributed by atoms with Gasteiger partial charge in [-0.1, -0.05) is 86.8 Å². The van der Waals surface area contributed by atoms with E-state index in [1.807, 2.05) is 31.2 Å². The van der Waals surface area contributed by atoms with E-state index in [-0.39, 0.29) is 5.97 Å². The fourth-order valence-electron chi connectivity index (χ4n) is 5.39. The Morgan fingerprint density at radius 1 is 0.789 bits per heavy atom. The topological polar surface area (TPSA) is 44.8 Å². The zero-order valence-electron chi connectivity index (χ0n) is 23.0. The van der Waals surface area contributed by atoms with Gasteiger partial charge in [0.2, 0.25) is 0 Å². The highest BCUT2D eigenvalue weighted by molar-refractivity contribution is 5.78. The molecule has 0 amide bonds. The summed E-state index contributed by atoms with van der Waals surface area (Å²) < 4.78 is 17.3. The lowest BCUT2D eigenvalue weighted by molar-refractivity contribution is -0.156. The lowest BCUT2D eigenvalue weighted by atomic mass is 9.92. The summed E-state index contributed by atoms with van der Waals surface area (Å²) in [6.45, 7) is 5.63. The minimum atomic E-state index is -0.580. The lowest BCUT2D eigenvalue weighted by Gasteiger charge is -2.17. The fourth-order valence-corrected chi connectivity index (χ4v) is 5.39. The molecule has 0 heterocycles. The molecule has 0 saturated carbocycles. The van der Waals surface area contributed by atoms with Crippen LogP contribution < -0.4 is 4.74 Å². The molecule has 0 aliphatic heterocycles. The monoisotopic (exact) mass is 514 g/mol. The molecule has 4 rings (SSSR count). The molecule has 0 spiro atoms. The first kappa shape index (κ1) is 27.9. The second-order valence-electron chi connectivity index (χ2n) is 10.1. The van der Waals surface area contributed by atoms with E-state index in [2.05, 4.69) is 55.5 Å². The van der Waals surface area contributed by atoms with Crippen molar-refractivity contribution < 1.29 is 19.0 Å². The van der Waals surface area contributed by atoms with Gasteiger partial charge in [0, 0.05) is 18.9 Å². The van der Waals surface area contributed by atoms with Crippen LogP contribution in [0.2, 0.25) is 0 Å². The number of hydrogen-bond donors (Lipinski definition) is 0. The van der Waals surface area contributed by atoms with E-state index in [9.17, 15) is 4.79 Å². The van der Waals surface area contributed by atoms with Gasteiger partial charge in [-0.25, -0.2) is 4.79 Å². The van der Waals surface area contributed by atoms with Crippen LogP contribution in [-0.2, 0) is 20.7 Å². The third kappa shape index (κ3) is 7.48. The van der Waals surface area contributed by atoms with Crippen LogP contribution in [0.25, 0.3) is 11.1 Å². The second-order valence-corrected chi connectivity index (χ2v) is 10.1. The Kier molecular flexibility index (Phi) is 10.8. The van der Waals surface area contributed by atoms with Gasteiger partial charge in [0.1, 0.15) is 5.75 Å². The molecule has 1 aliphatic rings. The predicted octanol–water partition coefficient (Wildman–Crippen LogP) is 8.12. The van der Waals surface area contributed by atoms with Gasteiger partial charge in [0.25, 0.3) is 0 Å². The molecule has 0 bridgehead atoms. The molecule has 1 unspecified atom stereocenters. The third-order valence-corrected chi connectivity index (χ3v) is 7.30. The van der Waals surface area contributed by atoms with Crippen molar-refractivity contribution in [2.75, 3.05) is 19.8 Å². The highest BCUT2D eigenvalue weighted by Crippen LogP contribution is 2.46. The molecule has 4 heteroatoms. The number of carbonyl (C=O) groups excluding carboxylic acids is 1. The summed E-state index contributed by atoms with van der Waals surface area (Å²) in [7, 11) is 0. The van der Waals surface area contributed by atoms with Crippen LogP contribution in [-0.4, -0.2) is 31.9 Å². The zero-order valence-corrected chi connectivity index (χ0v) is 23.0. The third-order valence-electron chi connectivity index (χ3n) is 7.30. The minimum Gasteiger partial charge on any atom is -0.494 e. The Balaban J connectivity index is 1.26. The smallest absolute Gasteiger partial charge is 0.335 e. The molecular weight excluding hydrogens is 472 g/mol. The highest BCUT2D eigenvalue weighted by Gasteiger charge is 2.27. The summed E-state index contributed by atoms with van der Waals surface area (Å²) in [5.41, 5.74) is 6.69. The molecule has 3 aromatic rings. The number of hydrogen-bond acceptors (Lipinski definition) is 4. The molecule has 0 fully saturated rings. The van der Waals surface area contributed by atoms with E-state index in [0.29, 0.717) is 32.2 Å². The maximum Gasteiger partial charge on any atom is 0.335 e. The number of carbonyl (C=O) groups is 1. The van der Waals surface area contributed by atoms with E-state index < -0.39 is 6.10 Å². The van der Waals surface area contributed by atoms with Crippen molar-refractivity contribution in [3.63, 3.8) is 0 Å². The summed E-state index contributed by atoms with van der Waals surface area (Å²) in [6, 6.07) is 25.6. The van der Waals surface area contributed by atoms with Crippen LogP contribution in [0.5, 0.6) is 5.75 Å². The quantitative estimate of drug-likeness (QED) is 0.143. The lowest BCUT2D eigenvalue weighted by Crippen LogP contribution is -2.29. The highest BCUT2D eigenvalue weighted by atomic mass is 16.6. The number of esters is 1. The van der Waals surface area contributed by atoms with E-state index in [1.165, 1.54) is 35.1 Å². The van der Waals surface area contributed by atoms with E-state index >= 15 is 0 Å². The zero-order chi connectivity index (χ0) is 26.6. The molecule has 3 aromatic carbocycles. The molecular formula is C34H42O4. The summed E-state index contributed by atoms with van der Waals surface area (Å²) in [6.07, 6.45) is 7.58. The first-order valence-electron chi connectivity index (χ1n) is 14.4. The van der Waals surface area contributed by atoms with Crippen LogP contribution in [0, 0.1) is 0 Å². The van der Waals surface area contributed by atoms with Crippen molar-refractivity contribution in [3.8, 4) is 16.9 Å². The SMILES string of the molecule is CCCCCCOC(Cc1cccc(OCCCCC2c3ccccc3-c3ccccc32)c1)C(=O)OCC. The second kappa shape index (κ2) is 14.7. The van der Waals surface area contributed by atoms with Gasteiger partial charge in [0.15, 0.2) is 6.10 Å². The van der Waals surface area contributed by atoms with Gasteiger partial charge in [-0.05, 0) is 72.6 Å². The van der Waals surface area contributed by atoms with Crippen molar-refractivity contribution in [2.24, 2.45) is 0 Å². The van der Waals surface area contributed by atoms with Gasteiger partial charge in [-0.15, -0.1) is 0 Å². The van der Waals surface area contributed by atoms with Crippen molar-refractivity contribution in [2.45, 2.75) is 77.2 Å². The summed E-state index contributed by atoms with van der Waals surface area (Å²) >= 11 is 0. The molecule has 0 aromatic heterocycles. The maximum atomic E-state index is 12.5. The molecule has 0 saturated heterocycles. The number of ether oxygens (including phenoxy) is 3. The van der Waals surface area contributed by atoms with E-state index in [0.717, 1.165) is 43.4 Å². The Labute approximate surface area is 228 Å². The number of rotatable bonds is 16. The Morgan fingerprint density at radius 3 is 2.21 bits per heavy atom. The minimum absolute atomic E-state index is 0.288. The Morgan fingerprint density at radius 2 is 1.50 bits per heavy atom. The van der Waals surface area contributed by atoms with Crippen LogP contribution in [0.4, 0.5) is 0 Å². The van der Waals surface area contributed by atoms with Crippen LogP contribution in [0.1, 0.15) is 81.4 Å². The molecule has 4 nitrogen and oxygen atoms in total. The van der Waals surface area contributed by atoms with Gasteiger partial charge >= 0.3 is 5.97 Å². The molecule has 0 radical (unpaired) electrons. The van der Waals surface area contributed by atoms with E-state index in [1.54, 1.807) is 0 Å². The standard InChI is InChI=1S/C34H42O4/c1-3-5-6-12-23-38-33(34(35)36-4-2)25-26-15-14-16-27(24-26)37-22-13-11-21-32-30-19-9-7-17-28(30)29-18-8-10-20-31(29)32/h7-10,14-20,24,32-33H,3-6,11-13,21-23,25H2,1-2H3. The van der Waals surface area contributed by atoms with Gasteiger partial charge in [0.05, 0.1) is 13.2 Å². The van der Waals surface area contributed by atoms with Gasteiger partial charge in [-0.3, -0.25) is 0 Å². The normalized spacial score (nSPS) is 13.1. The first-order chi connectivity index (χ1) is 18.7.